The van der Waals surface area contributed by atoms with Crippen LogP contribution in [0.15, 0.2) is 41.0 Å². The number of pyridine rings is 1. The maximum Gasteiger partial charge on any atom is 0.233 e. The number of aromatic nitrogens is 1. The first-order valence-corrected chi connectivity index (χ1v) is 6.16. The lowest BCUT2D eigenvalue weighted by molar-refractivity contribution is 0.462. The number of nitrogen functional groups attached to an aromatic ring is 1. The van der Waals surface area contributed by atoms with E-state index in [2.05, 4.69) is 27.8 Å². The van der Waals surface area contributed by atoms with Crippen LogP contribution in [0.1, 0.15) is 12.5 Å². The Labute approximate surface area is 109 Å². The van der Waals surface area contributed by atoms with Crippen molar-refractivity contribution in [2.24, 2.45) is 0 Å². The SMILES string of the molecule is CCc1ccc(Oc2ncccc2Br)c(N)c1. The number of halogens is 1. The third-order valence-electron chi connectivity index (χ3n) is 2.41. The Kier molecular flexibility index (Phi) is 3.64. The summed E-state index contributed by atoms with van der Waals surface area (Å²) in [6.45, 7) is 2.09. The van der Waals surface area contributed by atoms with Gasteiger partial charge in [-0.25, -0.2) is 4.98 Å². The Balaban J connectivity index is 2.28. The second-order valence-electron chi connectivity index (χ2n) is 3.62. The van der Waals surface area contributed by atoms with Crippen LogP contribution >= 0.6 is 15.9 Å². The molecule has 3 nitrogen and oxygen atoms in total. The van der Waals surface area contributed by atoms with Crippen molar-refractivity contribution in [3.8, 4) is 11.6 Å². The molecule has 0 radical (unpaired) electrons. The summed E-state index contributed by atoms with van der Waals surface area (Å²) in [4.78, 5) is 4.13. The number of nitrogens with two attached hydrogens (primary N) is 1. The van der Waals surface area contributed by atoms with Gasteiger partial charge in [0, 0.05) is 6.20 Å². The van der Waals surface area contributed by atoms with E-state index in [0.29, 0.717) is 17.3 Å². The van der Waals surface area contributed by atoms with Crippen LogP contribution in [0.4, 0.5) is 5.69 Å². The molecule has 0 aliphatic rings. The van der Waals surface area contributed by atoms with Crippen LogP contribution in [-0.4, -0.2) is 4.98 Å². The predicted octanol–water partition coefficient (Wildman–Crippen LogP) is 3.78. The van der Waals surface area contributed by atoms with Crippen molar-refractivity contribution in [1.29, 1.82) is 0 Å². The first-order valence-electron chi connectivity index (χ1n) is 5.37. The summed E-state index contributed by atoms with van der Waals surface area (Å²) < 4.78 is 6.46. The minimum atomic E-state index is 0.517. The molecular weight excluding hydrogens is 280 g/mol. The standard InChI is InChI=1S/C13H13BrN2O/c1-2-9-5-6-12(11(15)8-9)17-13-10(14)4-3-7-16-13/h3-8H,2,15H2,1H3. The molecule has 0 aliphatic carbocycles. The third kappa shape index (κ3) is 2.77. The van der Waals surface area contributed by atoms with Gasteiger partial charge >= 0.3 is 0 Å². The number of nitrogens with zero attached hydrogens (tertiary/aromatic N) is 1. The van der Waals surface area contributed by atoms with Gasteiger partial charge in [0.2, 0.25) is 5.88 Å². The second-order valence-corrected chi connectivity index (χ2v) is 4.47. The van der Waals surface area contributed by atoms with Crippen LogP contribution in [0, 0.1) is 0 Å². The largest absolute Gasteiger partial charge is 0.436 e. The van der Waals surface area contributed by atoms with E-state index in [0.717, 1.165) is 10.9 Å². The Morgan fingerprint density at radius 1 is 1.35 bits per heavy atom. The lowest BCUT2D eigenvalue weighted by Crippen LogP contribution is -1.95. The van der Waals surface area contributed by atoms with Gasteiger partial charge in [-0.2, -0.15) is 0 Å². The highest BCUT2D eigenvalue weighted by molar-refractivity contribution is 9.10. The van der Waals surface area contributed by atoms with Crippen molar-refractivity contribution in [2.45, 2.75) is 13.3 Å². The van der Waals surface area contributed by atoms with E-state index in [4.69, 9.17) is 10.5 Å². The molecule has 0 aliphatic heterocycles. The molecule has 2 aromatic rings. The fraction of sp³-hybridized carbons (Fsp3) is 0.154. The smallest absolute Gasteiger partial charge is 0.233 e. The van der Waals surface area contributed by atoms with Gasteiger partial charge in [-0.15, -0.1) is 0 Å². The predicted molar refractivity (Wildman–Crippen MR) is 72.2 cm³/mol. The topological polar surface area (TPSA) is 48.1 Å². The Morgan fingerprint density at radius 2 is 2.18 bits per heavy atom. The van der Waals surface area contributed by atoms with E-state index in [1.54, 1.807) is 6.20 Å². The molecular formula is C13H13BrN2O. The molecule has 0 saturated carbocycles. The summed E-state index contributed by atoms with van der Waals surface area (Å²) in [6, 6.07) is 9.50. The molecule has 0 atom stereocenters. The molecule has 0 bridgehead atoms. The minimum absolute atomic E-state index is 0.517. The zero-order valence-corrected chi connectivity index (χ0v) is 11.1. The van der Waals surface area contributed by atoms with Crippen molar-refractivity contribution in [1.82, 2.24) is 4.98 Å². The van der Waals surface area contributed by atoms with E-state index < -0.39 is 0 Å². The van der Waals surface area contributed by atoms with E-state index in [9.17, 15) is 0 Å². The van der Waals surface area contributed by atoms with Crippen molar-refractivity contribution >= 4 is 21.6 Å². The third-order valence-corrected chi connectivity index (χ3v) is 3.02. The molecule has 0 spiro atoms. The molecule has 0 unspecified atom stereocenters. The van der Waals surface area contributed by atoms with Gasteiger partial charge in [0.05, 0.1) is 10.2 Å². The van der Waals surface area contributed by atoms with Crippen LogP contribution in [-0.2, 0) is 6.42 Å². The molecule has 1 aromatic carbocycles. The number of anilines is 1. The van der Waals surface area contributed by atoms with E-state index >= 15 is 0 Å². The molecule has 2 N–H and O–H groups in total. The highest BCUT2D eigenvalue weighted by Crippen LogP contribution is 2.31. The monoisotopic (exact) mass is 292 g/mol. The lowest BCUT2D eigenvalue weighted by Gasteiger charge is -2.09. The second kappa shape index (κ2) is 5.19. The summed E-state index contributed by atoms with van der Waals surface area (Å²) >= 11 is 3.38. The first kappa shape index (κ1) is 11.9. The highest BCUT2D eigenvalue weighted by Gasteiger charge is 2.06. The number of rotatable bonds is 3. The Hall–Kier alpha value is -1.55. The number of hydrogen-bond donors (Lipinski definition) is 1. The lowest BCUT2D eigenvalue weighted by atomic mass is 10.1. The molecule has 0 amide bonds. The number of ether oxygens (including phenoxy) is 1. The fourth-order valence-electron chi connectivity index (χ4n) is 1.46. The molecule has 17 heavy (non-hydrogen) atoms. The maximum absolute atomic E-state index is 5.93. The molecule has 88 valence electrons. The van der Waals surface area contributed by atoms with Crippen molar-refractivity contribution in [3.63, 3.8) is 0 Å². The van der Waals surface area contributed by atoms with Crippen LogP contribution < -0.4 is 10.5 Å². The van der Waals surface area contributed by atoms with Crippen LogP contribution in [0.25, 0.3) is 0 Å². The molecule has 0 saturated heterocycles. The normalized spacial score (nSPS) is 10.2. The van der Waals surface area contributed by atoms with Gasteiger partial charge in [0.15, 0.2) is 5.75 Å². The minimum Gasteiger partial charge on any atom is -0.436 e. The fourth-order valence-corrected chi connectivity index (χ4v) is 1.80. The summed E-state index contributed by atoms with van der Waals surface area (Å²) in [5.41, 5.74) is 7.74. The van der Waals surface area contributed by atoms with Crippen molar-refractivity contribution in [2.75, 3.05) is 5.73 Å². The summed E-state index contributed by atoms with van der Waals surface area (Å²) in [6.07, 6.45) is 2.63. The van der Waals surface area contributed by atoms with E-state index in [1.165, 1.54) is 5.56 Å². The number of benzene rings is 1. The van der Waals surface area contributed by atoms with Gasteiger partial charge in [-0.3, -0.25) is 0 Å². The van der Waals surface area contributed by atoms with Crippen molar-refractivity contribution in [3.05, 3.63) is 46.6 Å². The Morgan fingerprint density at radius 3 is 2.82 bits per heavy atom. The number of hydrogen-bond acceptors (Lipinski definition) is 3. The molecule has 0 fully saturated rings. The van der Waals surface area contributed by atoms with Crippen LogP contribution in [0.2, 0.25) is 0 Å². The van der Waals surface area contributed by atoms with Crippen LogP contribution in [0.3, 0.4) is 0 Å². The van der Waals surface area contributed by atoms with Gasteiger partial charge in [0.1, 0.15) is 0 Å². The summed E-state index contributed by atoms with van der Waals surface area (Å²) in [5.74, 6) is 1.14. The quantitative estimate of drug-likeness (QED) is 0.876. The van der Waals surface area contributed by atoms with E-state index in [1.807, 2.05) is 30.3 Å². The van der Waals surface area contributed by atoms with Crippen LogP contribution in [0.5, 0.6) is 11.6 Å². The summed E-state index contributed by atoms with van der Waals surface area (Å²) in [7, 11) is 0. The highest BCUT2D eigenvalue weighted by atomic mass is 79.9. The van der Waals surface area contributed by atoms with Crippen molar-refractivity contribution < 1.29 is 4.74 Å². The van der Waals surface area contributed by atoms with Gasteiger partial charge < -0.3 is 10.5 Å². The maximum atomic E-state index is 5.93. The molecule has 2 rings (SSSR count). The molecule has 4 heteroatoms. The zero-order chi connectivity index (χ0) is 12.3. The first-order chi connectivity index (χ1) is 8.20. The van der Waals surface area contributed by atoms with E-state index in [-0.39, 0.29) is 0 Å². The number of aryl methyl sites for hydroxylation is 1. The average molecular weight is 293 g/mol. The van der Waals surface area contributed by atoms with Gasteiger partial charge in [-0.05, 0) is 52.2 Å². The van der Waals surface area contributed by atoms with Gasteiger partial charge in [0.25, 0.3) is 0 Å². The average Bonchev–Trinajstić information content (AvgIpc) is 2.34. The summed E-state index contributed by atoms with van der Waals surface area (Å²) in [5, 5.41) is 0. The molecule has 1 heterocycles. The Bertz CT molecular complexity index is 529. The van der Waals surface area contributed by atoms with Gasteiger partial charge in [-0.1, -0.05) is 13.0 Å². The zero-order valence-electron chi connectivity index (χ0n) is 9.48. The molecule has 1 aromatic heterocycles.